The third kappa shape index (κ3) is 3.76. The van der Waals surface area contributed by atoms with Crippen molar-refractivity contribution in [1.82, 2.24) is 10.3 Å². The first-order valence-electron chi connectivity index (χ1n) is 7.01. The first-order valence-corrected chi connectivity index (χ1v) is 7.01. The highest BCUT2D eigenvalue weighted by Crippen LogP contribution is 2.22. The number of aromatic nitrogens is 1. The van der Waals surface area contributed by atoms with Gasteiger partial charge in [0.1, 0.15) is 0 Å². The molecule has 0 radical (unpaired) electrons. The van der Waals surface area contributed by atoms with Gasteiger partial charge in [0.2, 0.25) is 0 Å². The number of rotatable bonds is 5. The van der Waals surface area contributed by atoms with Gasteiger partial charge in [0, 0.05) is 19.6 Å². The Morgan fingerprint density at radius 3 is 3.15 bits per heavy atom. The zero-order chi connectivity index (χ0) is 14.4. The number of ether oxygens (including phenoxy) is 1. The summed E-state index contributed by atoms with van der Waals surface area (Å²) in [5.41, 5.74) is 2.12. The van der Waals surface area contributed by atoms with Crippen LogP contribution in [0.25, 0.3) is 0 Å². The summed E-state index contributed by atoms with van der Waals surface area (Å²) in [6.07, 6.45) is 5.33. The van der Waals surface area contributed by atoms with Crippen molar-refractivity contribution < 1.29 is 9.53 Å². The molecule has 2 N–H and O–H groups in total. The van der Waals surface area contributed by atoms with Crippen LogP contribution in [-0.4, -0.2) is 43.9 Å². The zero-order valence-corrected chi connectivity index (χ0v) is 12.1. The molecule has 2 heterocycles. The molecule has 1 aromatic heterocycles. The Morgan fingerprint density at radius 1 is 1.55 bits per heavy atom. The van der Waals surface area contributed by atoms with Crippen LogP contribution in [0, 0.1) is 0 Å². The highest BCUT2D eigenvalue weighted by Gasteiger charge is 2.24. The molecule has 1 atom stereocenters. The lowest BCUT2D eigenvalue weighted by atomic mass is 10.3. The van der Waals surface area contributed by atoms with Crippen LogP contribution in [0.4, 0.5) is 16.2 Å². The zero-order valence-electron chi connectivity index (χ0n) is 12.1. The van der Waals surface area contributed by atoms with Gasteiger partial charge in [0.25, 0.3) is 0 Å². The van der Waals surface area contributed by atoms with Crippen LogP contribution >= 0.6 is 0 Å². The number of hydrogen-bond donors (Lipinski definition) is 2. The number of pyridine rings is 1. The molecule has 6 heteroatoms. The maximum Gasteiger partial charge on any atom is 0.407 e. The molecule has 6 nitrogen and oxygen atoms in total. The number of alkyl carbamates (subject to hydrolysis) is 1. The normalized spacial score (nSPS) is 17.9. The first kappa shape index (κ1) is 14.4. The third-order valence-electron chi connectivity index (χ3n) is 3.36. The van der Waals surface area contributed by atoms with Gasteiger partial charge in [-0.3, -0.25) is 4.98 Å². The van der Waals surface area contributed by atoms with Crippen molar-refractivity contribution in [1.29, 1.82) is 0 Å². The smallest absolute Gasteiger partial charge is 0.407 e. The number of anilines is 2. The van der Waals surface area contributed by atoms with E-state index in [0.717, 1.165) is 43.9 Å². The largest absolute Gasteiger partial charge is 0.453 e. The maximum atomic E-state index is 11.2. The highest BCUT2D eigenvalue weighted by atomic mass is 16.5. The molecule has 0 spiro atoms. The molecule has 0 bridgehead atoms. The Balaban J connectivity index is 1.93. The van der Waals surface area contributed by atoms with Crippen LogP contribution in [0.5, 0.6) is 0 Å². The van der Waals surface area contributed by atoms with Crippen molar-refractivity contribution in [2.24, 2.45) is 0 Å². The average molecular weight is 278 g/mol. The standard InChI is InChI=1S/C14H22N4O2/c1-3-5-16-12-7-13(9-15-8-12)18-6-4-11(10-18)17-14(19)20-2/h7-9,11,16H,3-6,10H2,1-2H3,(H,17,19). The lowest BCUT2D eigenvalue weighted by Crippen LogP contribution is -2.36. The molecule has 1 amide bonds. The average Bonchev–Trinajstić information content (AvgIpc) is 2.93. The second-order valence-corrected chi connectivity index (χ2v) is 4.93. The minimum atomic E-state index is -0.367. The van der Waals surface area contributed by atoms with Gasteiger partial charge in [-0.25, -0.2) is 4.79 Å². The van der Waals surface area contributed by atoms with Crippen LogP contribution in [-0.2, 0) is 4.74 Å². The van der Waals surface area contributed by atoms with Gasteiger partial charge in [-0.05, 0) is 18.9 Å². The number of hydrogen-bond acceptors (Lipinski definition) is 5. The van der Waals surface area contributed by atoms with Crippen molar-refractivity contribution in [3.05, 3.63) is 18.5 Å². The molecule has 0 aromatic carbocycles. The van der Waals surface area contributed by atoms with Crippen LogP contribution < -0.4 is 15.5 Å². The SMILES string of the molecule is CCCNc1cncc(N2CCC(NC(=O)OC)C2)c1. The van der Waals surface area contributed by atoms with E-state index in [1.54, 1.807) is 0 Å². The number of nitrogens with one attached hydrogen (secondary N) is 2. The summed E-state index contributed by atoms with van der Waals surface area (Å²) >= 11 is 0. The van der Waals surface area contributed by atoms with E-state index >= 15 is 0 Å². The molecule has 1 aliphatic heterocycles. The van der Waals surface area contributed by atoms with E-state index in [1.807, 2.05) is 12.4 Å². The van der Waals surface area contributed by atoms with Crippen molar-refractivity contribution in [3.63, 3.8) is 0 Å². The summed E-state index contributed by atoms with van der Waals surface area (Å²) in [5.74, 6) is 0. The lowest BCUT2D eigenvalue weighted by molar-refractivity contribution is 0.167. The topological polar surface area (TPSA) is 66.5 Å². The highest BCUT2D eigenvalue weighted by molar-refractivity contribution is 5.67. The second-order valence-electron chi connectivity index (χ2n) is 4.93. The molecule has 20 heavy (non-hydrogen) atoms. The first-order chi connectivity index (χ1) is 9.72. The molecule has 1 saturated heterocycles. The Labute approximate surface area is 119 Å². The summed E-state index contributed by atoms with van der Waals surface area (Å²) in [6, 6.07) is 2.23. The third-order valence-corrected chi connectivity index (χ3v) is 3.36. The summed E-state index contributed by atoms with van der Waals surface area (Å²) in [5, 5.41) is 6.17. The molecule has 110 valence electrons. The number of methoxy groups -OCH3 is 1. The van der Waals surface area contributed by atoms with E-state index in [9.17, 15) is 4.79 Å². The Hall–Kier alpha value is -1.98. The Morgan fingerprint density at radius 2 is 2.40 bits per heavy atom. The van der Waals surface area contributed by atoms with Gasteiger partial charge >= 0.3 is 6.09 Å². The molecule has 1 aliphatic rings. The van der Waals surface area contributed by atoms with Gasteiger partial charge in [-0.2, -0.15) is 0 Å². The fourth-order valence-corrected chi connectivity index (χ4v) is 2.30. The van der Waals surface area contributed by atoms with Gasteiger partial charge in [-0.1, -0.05) is 6.92 Å². The van der Waals surface area contributed by atoms with E-state index in [2.05, 4.69) is 38.2 Å². The van der Waals surface area contributed by atoms with E-state index in [-0.39, 0.29) is 12.1 Å². The fourth-order valence-electron chi connectivity index (χ4n) is 2.30. The Bertz CT molecular complexity index is 453. The minimum absolute atomic E-state index is 0.134. The van der Waals surface area contributed by atoms with Crippen LogP contribution in [0.3, 0.4) is 0 Å². The fraction of sp³-hybridized carbons (Fsp3) is 0.571. The van der Waals surface area contributed by atoms with Crippen LogP contribution in [0.2, 0.25) is 0 Å². The van der Waals surface area contributed by atoms with Crippen molar-refractivity contribution >= 4 is 17.5 Å². The summed E-state index contributed by atoms with van der Waals surface area (Å²) in [4.78, 5) is 17.7. The van der Waals surface area contributed by atoms with Crippen LogP contribution in [0.1, 0.15) is 19.8 Å². The van der Waals surface area contributed by atoms with Gasteiger partial charge in [0.05, 0.1) is 36.9 Å². The quantitative estimate of drug-likeness (QED) is 0.860. The van der Waals surface area contributed by atoms with Gasteiger partial charge in [-0.15, -0.1) is 0 Å². The predicted octanol–water partition coefficient (Wildman–Crippen LogP) is 1.84. The monoisotopic (exact) mass is 278 g/mol. The number of nitrogens with zero attached hydrogens (tertiary/aromatic N) is 2. The van der Waals surface area contributed by atoms with E-state index < -0.39 is 0 Å². The number of carbonyl (C=O) groups excluding carboxylic acids is 1. The van der Waals surface area contributed by atoms with E-state index in [1.165, 1.54) is 7.11 Å². The van der Waals surface area contributed by atoms with Crippen molar-refractivity contribution in [3.8, 4) is 0 Å². The molecule has 1 fully saturated rings. The summed E-state index contributed by atoms with van der Waals surface area (Å²) in [6.45, 7) is 4.77. The molecule has 0 saturated carbocycles. The second kappa shape index (κ2) is 6.98. The molecule has 2 rings (SSSR count). The Kier molecular flexibility index (Phi) is 5.03. The predicted molar refractivity (Wildman–Crippen MR) is 79.2 cm³/mol. The van der Waals surface area contributed by atoms with Crippen molar-refractivity contribution in [2.45, 2.75) is 25.8 Å². The van der Waals surface area contributed by atoms with Gasteiger partial charge < -0.3 is 20.3 Å². The molecule has 0 aliphatic carbocycles. The molecular formula is C14H22N4O2. The van der Waals surface area contributed by atoms with E-state index in [4.69, 9.17) is 0 Å². The van der Waals surface area contributed by atoms with Gasteiger partial charge in [0.15, 0.2) is 0 Å². The number of amides is 1. The summed E-state index contributed by atoms with van der Waals surface area (Å²) in [7, 11) is 1.38. The molecular weight excluding hydrogens is 256 g/mol. The number of carbonyl (C=O) groups is 1. The van der Waals surface area contributed by atoms with Crippen molar-refractivity contribution in [2.75, 3.05) is 37.0 Å². The molecule has 1 aromatic rings. The minimum Gasteiger partial charge on any atom is -0.453 e. The molecule has 1 unspecified atom stereocenters. The lowest BCUT2D eigenvalue weighted by Gasteiger charge is -2.19. The van der Waals surface area contributed by atoms with Crippen LogP contribution in [0.15, 0.2) is 18.5 Å². The maximum absolute atomic E-state index is 11.2. The summed E-state index contributed by atoms with van der Waals surface area (Å²) < 4.78 is 4.63. The van der Waals surface area contributed by atoms with E-state index in [0.29, 0.717) is 0 Å².